The maximum absolute atomic E-state index is 11.1. The molecule has 1 unspecified atom stereocenters. The molecule has 1 aliphatic rings. The van der Waals surface area contributed by atoms with Crippen LogP contribution >= 0.6 is 0 Å². The van der Waals surface area contributed by atoms with E-state index < -0.39 is 0 Å². The summed E-state index contributed by atoms with van der Waals surface area (Å²) in [6, 6.07) is 5.65. The molecular weight excluding hydrogens is 268 g/mol. The first-order valence-electron chi connectivity index (χ1n) is 7.14. The smallest absolute Gasteiger partial charge is 0.274 e. The Hall–Kier alpha value is -2.30. The van der Waals surface area contributed by atoms with Crippen LogP contribution in [0.5, 0.6) is 0 Å². The molecule has 0 saturated heterocycles. The molecule has 21 heavy (non-hydrogen) atoms. The first-order chi connectivity index (χ1) is 10.1. The number of rotatable bonds is 3. The highest BCUT2D eigenvalue weighted by atomic mass is 16.6. The quantitative estimate of drug-likeness (QED) is 0.675. The van der Waals surface area contributed by atoms with E-state index in [9.17, 15) is 10.1 Å². The maximum Gasteiger partial charge on any atom is 0.274 e. The molecule has 1 aliphatic carbocycles. The third-order valence-corrected chi connectivity index (χ3v) is 4.12. The van der Waals surface area contributed by atoms with Crippen molar-refractivity contribution >= 4 is 11.4 Å². The Morgan fingerprint density at radius 2 is 2.14 bits per heavy atom. The highest BCUT2D eigenvalue weighted by Crippen LogP contribution is 2.35. The van der Waals surface area contributed by atoms with E-state index in [0.717, 1.165) is 36.3 Å². The minimum Gasteiger partial charge on any atom is -0.469 e. The largest absolute Gasteiger partial charge is 0.469 e. The average molecular weight is 286 g/mol. The van der Waals surface area contributed by atoms with Crippen molar-refractivity contribution in [2.75, 3.05) is 5.32 Å². The fourth-order valence-electron chi connectivity index (χ4n) is 3.02. The number of nitrogens with one attached hydrogen (secondary N) is 1. The third kappa shape index (κ3) is 2.51. The lowest BCUT2D eigenvalue weighted by molar-refractivity contribution is -0.385. The monoisotopic (exact) mass is 286 g/mol. The van der Waals surface area contributed by atoms with Crippen LogP contribution in [-0.2, 0) is 6.42 Å². The van der Waals surface area contributed by atoms with Crippen LogP contribution in [0.4, 0.5) is 11.4 Å². The van der Waals surface area contributed by atoms with E-state index in [-0.39, 0.29) is 16.7 Å². The highest BCUT2D eigenvalue weighted by Gasteiger charge is 2.24. The van der Waals surface area contributed by atoms with Crippen molar-refractivity contribution in [3.63, 3.8) is 0 Å². The van der Waals surface area contributed by atoms with Crippen LogP contribution in [0.15, 0.2) is 28.9 Å². The number of benzene rings is 1. The first-order valence-corrected chi connectivity index (χ1v) is 7.14. The molecule has 1 heterocycles. The minimum absolute atomic E-state index is 0.159. The summed E-state index contributed by atoms with van der Waals surface area (Å²) in [5, 5.41) is 14.5. The molecule has 0 saturated carbocycles. The van der Waals surface area contributed by atoms with Gasteiger partial charge in [0.15, 0.2) is 0 Å². The summed E-state index contributed by atoms with van der Waals surface area (Å²) in [5.74, 6) is 1.03. The Morgan fingerprint density at radius 3 is 2.90 bits per heavy atom. The SMILES string of the molecule is Cc1cc(C)c([N+](=O)[O-])cc1NC1CCCc2occc21. The molecule has 1 atom stereocenters. The Kier molecular flexibility index (Phi) is 3.41. The van der Waals surface area contributed by atoms with E-state index >= 15 is 0 Å². The fourth-order valence-corrected chi connectivity index (χ4v) is 3.02. The van der Waals surface area contributed by atoms with Gasteiger partial charge in [-0.2, -0.15) is 0 Å². The summed E-state index contributed by atoms with van der Waals surface area (Å²) in [5.41, 5.74) is 3.87. The van der Waals surface area contributed by atoms with E-state index in [1.165, 1.54) is 5.56 Å². The van der Waals surface area contributed by atoms with Crippen LogP contribution in [0.1, 0.15) is 41.3 Å². The summed E-state index contributed by atoms with van der Waals surface area (Å²) in [7, 11) is 0. The van der Waals surface area contributed by atoms with Crippen molar-refractivity contribution in [2.45, 2.75) is 39.2 Å². The first kappa shape index (κ1) is 13.7. The van der Waals surface area contributed by atoms with E-state index in [1.54, 1.807) is 19.3 Å². The van der Waals surface area contributed by atoms with Gasteiger partial charge in [0, 0.05) is 29.3 Å². The van der Waals surface area contributed by atoms with E-state index in [4.69, 9.17) is 4.42 Å². The molecule has 110 valence electrons. The number of furan rings is 1. The second-order valence-corrected chi connectivity index (χ2v) is 5.60. The summed E-state index contributed by atoms with van der Waals surface area (Å²) >= 11 is 0. The van der Waals surface area contributed by atoms with Gasteiger partial charge in [-0.15, -0.1) is 0 Å². The second kappa shape index (κ2) is 5.24. The van der Waals surface area contributed by atoms with Gasteiger partial charge in [-0.1, -0.05) is 0 Å². The molecule has 0 aliphatic heterocycles. The highest BCUT2D eigenvalue weighted by molar-refractivity contribution is 5.61. The van der Waals surface area contributed by atoms with E-state index in [2.05, 4.69) is 5.32 Å². The van der Waals surface area contributed by atoms with Gasteiger partial charge in [0.2, 0.25) is 0 Å². The number of fused-ring (bicyclic) bond motifs is 1. The number of nitrogens with zero attached hydrogens (tertiary/aromatic N) is 1. The number of hydrogen-bond donors (Lipinski definition) is 1. The zero-order valence-electron chi connectivity index (χ0n) is 12.2. The number of nitro benzene ring substituents is 1. The predicted molar refractivity (Wildman–Crippen MR) is 80.6 cm³/mol. The molecule has 0 radical (unpaired) electrons. The van der Waals surface area contributed by atoms with Crippen LogP contribution in [0.25, 0.3) is 0 Å². The number of nitro groups is 1. The van der Waals surface area contributed by atoms with Crippen molar-refractivity contribution in [2.24, 2.45) is 0 Å². The Morgan fingerprint density at radius 1 is 1.33 bits per heavy atom. The van der Waals surface area contributed by atoms with Gasteiger partial charge < -0.3 is 9.73 Å². The molecule has 1 aromatic carbocycles. The van der Waals surface area contributed by atoms with Crippen molar-refractivity contribution in [1.29, 1.82) is 0 Å². The Labute approximate surface area is 123 Å². The number of aryl methyl sites for hydroxylation is 3. The molecule has 0 amide bonds. The van der Waals surface area contributed by atoms with Gasteiger partial charge in [0.25, 0.3) is 5.69 Å². The molecule has 5 heteroatoms. The fraction of sp³-hybridized carbons (Fsp3) is 0.375. The van der Waals surface area contributed by atoms with Crippen LogP contribution in [-0.4, -0.2) is 4.92 Å². The van der Waals surface area contributed by atoms with E-state index in [0.29, 0.717) is 5.56 Å². The van der Waals surface area contributed by atoms with Crippen molar-refractivity contribution in [3.8, 4) is 0 Å². The third-order valence-electron chi connectivity index (χ3n) is 4.12. The molecule has 0 spiro atoms. The van der Waals surface area contributed by atoms with Gasteiger partial charge in [-0.25, -0.2) is 0 Å². The van der Waals surface area contributed by atoms with Crippen LogP contribution < -0.4 is 5.32 Å². The molecule has 5 nitrogen and oxygen atoms in total. The predicted octanol–water partition coefficient (Wildman–Crippen LogP) is 4.29. The average Bonchev–Trinajstić information content (AvgIpc) is 2.90. The lowest BCUT2D eigenvalue weighted by atomic mass is 9.93. The van der Waals surface area contributed by atoms with Gasteiger partial charge in [0.05, 0.1) is 17.2 Å². The van der Waals surface area contributed by atoms with Crippen LogP contribution in [0.3, 0.4) is 0 Å². The molecular formula is C16H18N2O3. The van der Waals surface area contributed by atoms with Crippen LogP contribution in [0, 0.1) is 24.0 Å². The summed E-state index contributed by atoms with van der Waals surface area (Å²) in [6.45, 7) is 3.74. The number of hydrogen-bond acceptors (Lipinski definition) is 4. The van der Waals surface area contributed by atoms with Gasteiger partial charge in [-0.05, 0) is 44.4 Å². The Balaban J connectivity index is 1.93. The lowest BCUT2D eigenvalue weighted by Crippen LogP contribution is -2.16. The summed E-state index contributed by atoms with van der Waals surface area (Å²) in [6.07, 6.45) is 4.75. The minimum atomic E-state index is -0.329. The van der Waals surface area contributed by atoms with Crippen molar-refractivity contribution in [1.82, 2.24) is 0 Å². The zero-order chi connectivity index (χ0) is 15.0. The summed E-state index contributed by atoms with van der Waals surface area (Å²) in [4.78, 5) is 10.8. The maximum atomic E-state index is 11.1. The molecule has 1 aromatic heterocycles. The molecule has 2 aromatic rings. The molecule has 3 rings (SSSR count). The van der Waals surface area contributed by atoms with Crippen molar-refractivity contribution in [3.05, 3.63) is 57.0 Å². The topological polar surface area (TPSA) is 68.3 Å². The Bertz CT molecular complexity index is 691. The normalized spacial score (nSPS) is 17.3. The molecule has 0 fully saturated rings. The van der Waals surface area contributed by atoms with E-state index in [1.807, 2.05) is 19.1 Å². The van der Waals surface area contributed by atoms with Crippen LogP contribution in [0.2, 0.25) is 0 Å². The van der Waals surface area contributed by atoms with Gasteiger partial charge in [-0.3, -0.25) is 10.1 Å². The molecule has 1 N–H and O–H groups in total. The lowest BCUT2D eigenvalue weighted by Gasteiger charge is -2.24. The second-order valence-electron chi connectivity index (χ2n) is 5.60. The number of anilines is 1. The standard InChI is InChI=1S/C16H18N2O3/c1-10-8-11(2)15(18(19)20)9-14(10)17-13-4-3-5-16-12(13)6-7-21-16/h6-9,13,17H,3-5H2,1-2H3. The van der Waals surface area contributed by atoms with Gasteiger partial charge in [0.1, 0.15) is 5.76 Å². The summed E-state index contributed by atoms with van der Waals surface area (Å²) < 4.78 is 5.49. The zero-order valence-corrected chi connectivity index (χ0v) is 12.2. The van der Waals surface area contributed by atoms with Crippen molar-refractivity contribution < 1.29 is 9.34 Å². The molecule has 0 bridgehead atoms. The van der Waals surface area contributed by atoms with Gasteiger partial charge >= 0.3 is 0 Å².